The van der Waals surface area contributed by atoms with E-state index in [0.29, 0.717) is 24.6 Å². The molecular weight excluding hydrogens is 330 g/mol. The van der Waals surface area contributed by atoms with Crippen molar-refractivity contribution in [1.29, 1.82) is 0 Å². The number of nitrogens with zero attached hydrogens (tertiary/aromatic N) is 4. The smallest absolute Gasteiger partial charge is 0.273 e. The Kier molecular flexibility index (Phi) is 5.25. The van der Waals surface area contributed by atoms with Crippen LogP contribution in [0.25, 0.3) is 0 Å². The molecule has 1 aliphatic rings. The number of carbonyl (C=O) groups is 2. The molecule has 2 amide bonds. The third kappa shape index (κ3) is 3.71. The first-order valence-corrected chi connectivity index (χ1v) is 8.77. The van der Waals surface area contributed by atoms with Crippen LogP contribution in [0.3, 0.4) is 0 Å². The predicted octanol–water partition coefficient (Wildman–Crippen LogP) is 2.10. The van der Waals surface area contributed by atoms with Crippen molar-refractivity contribution < 1.29 is 9.59 Å². The van der Waals surface area contributed by atoms with Crippen molar-refractivity contribution in [2.24, 2.45) is 0 Å². The van der Waals surface area contributed by atoms with Crippen LogP contribution in [-0.4, -0.2) is 38.2 Å². The van der Waals surface area contributed by atoms with Gasteiger partial charge in [0.15, 0.2) is 0 Å². The standard InChI is InChI=1S/C19H23N5O2/c1-12-6-4-8-20-17(12)19(26)24-9-5-7-16(24)18-15(11-22-14(3)25)10-21-13(2)23-18/h4,6,8,10,16H,5,7,9,11H2,1-3H3,(H,22,25)/t16-/m1/s1. The van der Waals surface area contributed by atoms with Crippen molar-refractivity contribution in [1.82, 2.24) is 25.2 Å². The van der Waals surface area contributed by atoms with E-state index in [1.165, 1.54) is 6.92 Å². The van der Waals surface area contributed by atoms with E-state index in [9.17, 15) is 9.59 Å². The molecule has 0 radical (unpaired) electrons. The van der Waals surface area contributed by atoms with Gasteiger partial charge in [0.1, 0.15) is 11.5 Å². The van der Waals surface area contributed by atoms with E-state index < -0.39 is 0 Å². The number of nitrogens with one attached hydrogen (secondary N) is 1. The number of amides is 2. The van der Waals surface area contributed by atoms with Crippen molar-refractivity contribution in [3.05, 3.63) is 52.9 Å². The maximum absolute atomic E-state index is 13.1. The molecule has 7 nitrogen and oxygen atoms in total. The predicted molar refractivity (Wildman–Crippen MR) is 96.3 cm³/mol. The molecule has 2 aromatic heterocycles. The van der Waals surface area contributed by atoms with E-state index in [-0.39, 0.29) is 17.9 Å². The van der Waals surface area contributed by atoms with E-state index in [1.807, 2.05) is 30.9 Å². The summed E-state index contributed by atoms with van der Waals surface area (Å²) in [4.78, 5) is 39.3. The second kappa shape index (κ2) is 7.59. The monoisotopic (exact) mass is 353 g/mol. The molecule has 2 aromatic rings. The average molecular weight is 353 g/mol. The molecular formula is C19H23N5O2. The third-order valence-corrected chi connectivity index (χ3v) is 4.59. The lowest BCUT2D eigenvalue weighted by Crippen LogP contribution is -2.33. The molecule has 136 valence electrons. The summed E-state index contributed by atoms with van der Waals surface area (Å²) >= 11 is 0. The van der Waals surface area contributed by atoms with Crippen LogP contribution in [-0.2, 0) is 11.3 Å². The molecule has 7 heteroatoms. The Morgan fingerprint density at radius 3 is 2.85 bits per heavy atom. The first-order chi connectivity index (χ1) is 12.5. The van der Waals surface area contributed by atoms with E-state index >= 15 is 0 Å². The molecule has 1 saturated heterocycles. The van der Waals surface area contributed by atoms with Gasteiger partial charge in [0, 0.05) is 38.0 Å². The molecule has 0 unspecified atom stereocenters. The van der Waals surface area contributed by atoms with Crippen molar-refractivity contribution in [3.63, 3.8) is 0 Å². The average Bonchev–Trinajstić information content (AvgIpc) is 3.10. The van der Waals surface area contributed by atoms with Crippen molar-refractivity contribution >= 4 is 11.8 Å². The Balaban J connectivity index is 1.93. The third-order valence-electron chi connectivity index (χ3n) is 4.59. The fourth-order valence-electron chi connectivity index (χ4n) is 3.30. The first kappa shape index (κ1) is 18.0. The molecule has 0 aliphatic carbocycles. The maximum atomic E-state index is 13.1. The van der Waals surface area contributed by atoms with Gasteiger partial charge in [-0.15, -0.1) is 0 Å². The first-order valence-electron chi connectivity index (χ1n) is 8.77. The topological polar surface area (TPSA) is 88.1 Å². The molecule has 1 fully saturated rings. The van der Waals surface area contributed by atoms with Gasteiger partial charge in [-0.3, -0.25) is 14.6 Å². The number of hydrogen-bond donors (Lipinski definition) is 1. The van der Waals surface area contributed by atoms with Crippen molar-refractivity contribution in [2.45, 2.75) is 46.2 Å². The lowest BCUT2D eigenvalue weighted by molar-refractivity contribution is -0.119. The van der Waals surface area contributed by atoms with E-state index in [4.69, 9.17) is 0 Å². The highest BCUT2D eigenvalue weighted by Crippen LogP contribution is 2.34. The van der Waals surface area contributed by atoms with Gasteiger partial charge in [-0.05, 0) is 38.3 Å². The van der Waals surface area contributed by atoms with Crippen LogP contribution in [0.2, 0.25) is 0 Å². The summed E-state index contributed by atoms with van der Waals surface area (Å²) < 4.78 is 0. The van der Waals surface area contributed by atoms with Crippen molar-refractivity contribution in [2.75, 3.05) is 6.54 Å². The second-order valence-corrected chi connectivity index (χ2v) is 6.56. The SMILES string of the molecule is CC(=O)NCc1cnc(C)nc1[C@H]1CCCN1C(=O)c1ncccc1C. The van der Waals surface area contributed by atoms with Crippen LogP contribution >= 0.6 is 0 Å². The zero-order valence-corrected chi connectivity index (χ0v) is 15.3. The Morgan fingerprint density at radius 1 is 1.31 bits per heavy atom. The highest BCUT2D eigenvalue weighted by molar-refractivity contribution is 5.94. The van der Waals surface area contributed by atoms with Gasteiger partial charge < -0.3 is 10.2 Å². The Morgan fingerprint density at radius 2 is 2.12 bits per heavy atom. The van der Waals surface area contributed by atoms with E-state index in [0.717, 1.165) is 29.7 Å². The lowest BCUT2D eigenvalue weighted by atomic mass is 10.0. The minimum atomic E-state index is -0.130. The Bertz CT molecular complexity index is 836. The highest BCUT2D eigenvalue weighted by atomic mass is 16.2. The Labute approximate surface area is 152 Å². The number of rotatable bonds is 4. The summed E-state index contributed by atoms with van der Waals surface area (Å²) in [5.41, 5.74) is 2.99. The molecule has 0 aromatic carbocycles. The summed E-state index contributed by atoms with van der Waals surface area (Å²) in [6.45, 7) is 6.22. The van der Waals surface area contributed by atoms with Gasteiger partial charge in [0.25, 0.3) is 5.91 Å². The number of likely N-dealkylation sites (tertiary alicyclic amines) is 1. The summed E-state index contributed by atoms with van der Waals surface area (Å²) in [6, 6.07) is 3.59. The van der Waals surface area contributed by atoms with Crippen LogP contribution < -0.4 is 5.32 Å². The molecule has 0 spiro atoms. The highest BCUT2D eigenvalue weighted by Gasteiger charge is 2.34. The van der Waals surface area contributed by atoms with Crippen LogP contribution in [0.4, 0.5) is 0 Å². The van der Waals surface area contributed by atoms with Gasteiger partial charge in [-0.2, -0.15) is 0 Å². The van der Waals surface area contributed by atoms with E-state index in [1.54, 1.807) is 12.4 Å². The number of pyridine rings is 1. The molecule has 3 heterocycles. The molecule has 0 bridgehead atoms. The molecule has 0 saturated carbocycles. The zero-order valence-electron chi connectivity index (χ0n) is 15.3. The molecule has 3 rings (SSSR count). The van der Waals surface area contributed by atoms with Gasteiger partial charge in [-0.25, -0.2) is 9.97 Å². The quantitative estimate of drug-likeness (QED) is 0.909. The van der Waals surface area contributed by atoms with Gasteiger partial charge in [0.05, 0.1) is 11.7 Å². The molecule has 26 heavy (non-hydrogen) atoms. The van der Waals surface area contributed by atoms with Gasteiger partial charge >= 0.3 is 0 Å². The van der Waals surface area contributed by atoms with Crippen molar-refractivity contribution in [3.8, 4) is 0 Å². The van der Waals surface area contributed by atoms with Crippen LogP contribution in [0.15, 0.2) is 24.5 Å². The summed E-state index contributed by atoms with van der Waals surface area (Å²) in [5.74, 6) is 0.465. The lowest BCUT2D eigenvalue weighted by Gasteiger charge is -2.26. The minimum Gasteiger partial charge on any atom is -0.352 e. The number of aromatic nitrogens is 3. The van der Waals surface area contributed by atoms with Gasteiger partial charge in [-0.1, -0.05) is 6.07 Å². The summed E-state index contributed by atoms with van der Waals surface area (Å²) in [7, 11) is 0. The fourth-order valence-corrected chi connectivity index (χ4v) is 3.30. The van der Waals surface area contributed by atoms with Crippen LogP contribution in [0, 0.1) is 13.8 Å². The van der Waals surface area contributed by atoms with Crippen LogP contribution in [0.5, 0.6) is 0 Å². The minimum absolute atomic E-state index is 0.0765. The number of hydrogen-bond acceptors (Lipinski definition) is 5. The second-order valence-electron chi connectivity index (χ2n) is 6.56. The normalized spacial score (nSPS) is 16.6. The zero-order chi connectivity index (χ0) is 18.7. The maximum Gasteiger partial charge on any atom is 0.273 e. The molecule has 1 aliphatic heterocycles. The van der Waals surface area contributed by atoms with E-state index in [2.05, 4.69) is 20.3 Å². The molecule has 1 atom stereocenters. The van der Waals surface area contributed by atoms with Crippen LogP contribution in [0.1, 0.15) is 58.9 Å². The summed E-state index contributed by atoms with van der Waals surface area (Å²) in [5, 5.41) is 2.80. The largest absolute Gasteiger partial charge is 0.352 e. The summed E-state index contributed by atoms with van der Waals surface area (Å²) in [6.07, 6.45) is 5.12. The molecule has 1 N–H and O–H groups in total. The Hall–Kier alpha value is -2.83. The number of carbonyl (C=O) groups excluding carboxylic acids is 2. The fraction of sp³-hybridized carbons (Fsp3) is 0.421. The number of aryl methyl sites for hydroxylation is 2. The van der Waals surface area contributed by atoms with Gasteiger partial charge in [0.2, 0.25) is 5.91 Å².